The van der Waals surface area contributed by atoms with Crippen molar-refractivity contribution in [3.63, 3.8) is 0 Å². The van der Waals surface area contributed by atoms with Gasteiger partial charge < -0.3 is 15.4 Å². The lowest BCUT2D eigenvalue weighted by Crippen LogP contribution is -2.27. The Balaban J connectivity index is 1.72. The third-order valence-electron chi connectivity index (χ3n) is 3.76. The quantitative estimate of drug-likeness (QED) is 0.857. The maximum Gasteiger partial charge on any atom is 0.255 e. The number of carbonyl (C=O) groups is 2. The summed E-state index contributed by atoms with van der Waals surface area (Å²) in [6, 6.07) is 14.2. The number of benzene rings is 2. The van der Waals surface area contributed by atoms with Crippen LogP contribution in [0.2, 0.25) is 0 Å². The summed E-state index contributed by atoms with van der Waals surface area (Å²) in [5, 5.41) is 5.75. The van der Waals surface area contributed by atoms with Gasteiger partial charge in [0.05, 0.1) is 17.9 Å². The minimum atomic E-state index is -0.260. The van der Waals surface area contributed by atoms with Gasteiger partial charge in [0.15, 0.2) is 0 Å². The van der Waals surface area contributed by atoms with Gasteiger partial charge in [-0.3, -0.25) is 9.59 Å². The first-order chi connectivity index (χ1) is 11.7. The number of hydrogen-bond acceptors (Lipinski definition) is 3. The van der Waals surface area contributed by atoms with Crippen molar-refractivity contribution in [2.24, 2.45) is 0 Å². The molecule has 5 heteroatoms. The van der Waals surface area contributed by atoms with E-state index in [2.05, 4.69) is 10.6 Å². The van der Waals surface area contributed by atoms with Crippen LogP contribution in [0.15, 0.2) is 48.5 Å². The maximum absolute atomic E-state index is 12.4. The Labute approximate surface area is 141 Å². The van der Waals surface area contributed by atoms with E-state index in [-0.39, 0.29) is 17.9 Å². The van der Waals surface area contributed by atoms with Crippen LogP contribution >= 0.6 is 0 Å². The average molecular weight is 324 g/mol. The van der Waals surface area contributed by atoms with Crippen molar-refractivity contribution in [1.29, 1.82) is 0 Å². The van der Waals surface area contributed by atoms with Crippen LogP contribution in [0.4, 0.5) is 5.69 Å². The van der Waals surface area contributed by atoms with E-state index >= 15 is 0 Å². The van der Waals surface area contributed by atoms with Crippen LogP contribution in [0.5, 0.6) is 5.75 Å². The molecule has 1 aliphatic carbocycles. The maximum atomic E-state index is 12.4. The van der Waals surface area contributed by atoms with Gasteiger partial charge in [-0.15, -0.1) is 0 Å². The molecule has 1 saturated carbocycles. The molecule has 3 rings (SSSR count). The first-order valence-corrected chi connectivity index (χ1v) is 8.11. The molecule has 0 saturated heterocycles. The summed E-state index contributed by atoms with van der Waals surface area (Å²) in [5.74, 6) is 0.308. The number of hydrogen-bond donors (Lipinski definition) is 2. The van der Waals surface area contributed by atoms with E-state index in [0.717, 1.165) is 18.6 Å². The van der Waals surface area contributed by atoms with Crippen molar-refractivity contribution in [2.45, 2.75) is 25.8 Å². The van der Waals surface area contributed by atoms with Gasteiger partial charge in [0, 0.05) is 11.6 Å². The fourth-order valence-corrected chi connectivity index (χ4v) is 2.34. The molecule has 0 heterocycles. The van der Waals surface area contributed by atoms with Crippen molar-refractivity contribution in [2.75, 3.05) is 11.9 Å². The number of rotatable bonds is 6. The van der Waals surface area contributed by atoms with E-state index in [9.17, 15) is 9.59 Å². The fourth-order valence-electron chi connectivity index (χ4n) is 2.34. The largest absolute Gasteiger partial charge is 0.494 e. The number of amides is 2. The Morgan fingerprint density at radius 3 is 2.42 bits per heavy atom. The SMILES string of the molecule is CCOc1ccc(C(=O)Nc2ccccc2C(=O)NC2CC2)cc1. The van der Waals surface area contributed by atoms with Gasteiger partial charge in [-0.2, -0.15) is 0 Å². The van der Waals surface area contributed by atoms with Crippen LogP contribution in [-0.4, -0.2) is 24.5 Å². The van der Waals surface area contributed by atoms with Crippen LogP contribution in [-0.2, 0) is 0 Å². The molecular formula is C19H20N2O3. The van der Waals surface area contributed by atoms with Crippen LogP contribution in [0.25, 0.3) is 0 Å². The summed E-state index contributed by atoms with van der Waals surface area (Å²) in [4.78, 5) is 24.7. The molecule has 2 aromatic carbocycles. The van der Waals surface area contributed by atoms with E-state index in [4.69, 9.17) is 4.74 Å². The molecule has 2 N–H and O–H groups in total. The summed E-state index contributed by atoms with van der Waals surface area (Å²) in [6.45, 7) is 2.49. The molecule has 2 aromatic rings. The topological polar surface area (TPSA) is 67.4 Å². The van der Waals surface area contributed by atoms with E-state index in [0.29, 0.717) is 23.4 Å². The molecular weight excluding hydrogens is 304 g/mol. The fraction of sp³-hybridized carbons (Fsp3) is 0.263. The summed E-state index contributed by atoms with van der Waals surface area (Å²) in [7, 11) is 0. The van der Waals surface area contributed by atoms with Crippen LogP contribution in [0.3, 0.4) is 0 Å². The Bertz CT molecular complexity index is 737. The molecule has 2 amide bonds. The second kappa shape index (κ2) is 7.17. The lowest BCUT2D eigenvalue weighted by molar-refractivity contribution is 0.0952. The number of anilines is 1. The average Bonchev–Trinajstić information content (AvgIpc) is 3.40. The van der Waals surface area contributed by atoms with E-state index in [1.165, 1.54) is 0 Å². The smallest absolute Gasteiger partial charge is 0.255 e. The molecule has 0 aromatic heterocycles. The zero-order valence-corrected chi connectivity index (χ0v) is 13.5. The standard InChI is InChI=1S/C19H20N2O3/c1-2-24-15-11-7-13(8-12-15)18(22)21-17-6-4-3-5-16(17)19(23)20-14-9-10-14/h3-8,11-12,14H,2,9-10H2,1H3,(H,20,23)(H,21,22). The Morgan fingerprint density at radius 1 is 1.04 bits per heavy atom. The predicted molar refractivity (Wildman–Crippen MR) is 92.5 cm³/mol. The van der Waals surface area contributed by atoms with Crippen molar-refractivity contribution in [3.05, 3.63) is 59.7 Å². The second-order valence-electron chi connectivity index (χ2n) is 5.70. The van der Waals surface area contributed by atoms with Crippen molar-refractivity contribution >= 4 is 17.5 Å². The zero-order chi connectivity index (χ0) is 16.9. The molecule has 0 atom stereocenters. The molecule has 1 fully saturated rings. The van der Waals surface area contributed by atoms with Crippen LogP contribution < -0.4 is 15.4 Å². The lowest BCUT2D eigenvalue weighted by Gasteiger charge is -2.11. The second-order valence-corrected chi connectivity index (χ2v) is 5.70. The minimum Gasteiger partial charge on any atom is -0.494 e. The Morgan fingerprint density at radius 2 is 1.75 bits per heavy atom. The molecule has 24 heavy (non-hydrogen) atoms. The van der Waals surface area contributed by atoms with Gasteiger partial charge in [0.25, 0.3) is 11.8 Å². The van der Waals surface area contributed by atoms with Crippen molar-refractivity contribution < 1.29 is 14.3 Å². The van der Waals surface area contributed by atoms with Crippen LogP contribution in [0, 0.1) is 0 Å². The highest BCUT2D eigenvalue weighted by molar-refractivity contribution is 6.09. The zero-order valence-electron chi connectivity index (χ0n) is 13.5. The summed E-state index contributed by atoms with van der Waals surface area (Å²) in [5.41, 5.74) is 1.49. The summed E-state index contributed by atoms with van der Waals surface area (Å²) >= 11 is 0. The van der Waals surface area contributed by atoms with Crippen molar-refractivity contribution in [3.8, 4) is 5.75 Å². The first kappa shape index (κ1) is 16.1. The van der Waals surface area contributed by atoms with Gasteiger partial charge in [0.1, 0.15) is 5.75 Å². The molecule has 0 aliphatic heterocycles. The van der Waals surface area contributed by atoms with E-state index in [1.807, 2.05) is 6.92 Å². The minimum absolute atomic E-state index is 0.153. The van der Waals surface area contributed by atoms with Gasteiger partial charge >= 0.3 is 0 Å². The first-order valence-electron chi connectivity index (χ1n) is 8.11. The number of nitrogens with one attached hydrogen (secondary N) is 2. The highest BCUT2D eigenvalue weighted by Crippen LogP contribution is 2.22. The molecule has 0 bridgehead atoms. The molecule has 0 radical (unpaired) electrons. The van der Waals surface area contributed by atoms with E-state index in [1.54, 1.807) is 48.5 Å². The van der Waals surface area contributed by atoms with Gasteiger partial charge in [0.2, 0.25) is 0 Å². The molecule has 124 valence electrons. The molecule has 1 aliphatic rings. The number of para-hydroxylation sites is 1. The van der Waals surface area contributed by atoms with Gasteiger partial charge in [-0.25, -0.2) is 0 Å². The van der Waals surface area contributed by atoms with Crippen molar-refractivity contribution in [1.82, 2.24) is 5.32 Å². The summed E-state index contributed by atoms with van der Waals surface area (Å²) < 4.78 is 5.37. The number of carbonyl (C=O) groups excluding carboxylic acids is 2. The van der Waals surface area contributed by atoms with E-state index < -0.39 is 0 Å². The number of ether oxygens (including phenoxy) is 1. The lowest BCUT2D eigenvalue weighted by atomic mass is 10.1. The third-order valence-corrected chi connectivity index (χ3v) is 3.76. The Hall–Kier alpha value is -2.82. The monoisotopic (exact) mass is 324 g/mol. The molecule has 0 spiro atoms. The predicted octanol–water partition coefficient (Wildman–Crippen LogP) is 3.23. The van der Waals surface area contributed by atoms with Crippen LogP contribution in [0.1, 0.15) is 40.5 Å². The Kier molecular flexibility index (Phi) is 4.79. The highest BCUT2D eigenvalue weighted by Gasteiger charge is 2.25. The normalized spacial score (nSPS) is 13.2. The van der Waals surface area contributed by atoms with Gasteiger partial charge in [-0.05, 0) is 56.2 Å². The molecule has 0 unspecified atom stereocenters. The third kappa shape index (κ3) is 3.93. The highest BCUT2D eigenvalue weighted by atomic mass is 16.5. The molecule has 5 nitrogen and oxygen atoms in total. The van der Waals surface area contributed by atoms with Gasteiger partial charge in [-0.1, -0.05) is 12.1 Å². The summed E-state index contributed by atoms with van der Waals surface area (Å²) in [6.07, 6.45) is 2.04.